The van der Waals surface area contributed by atoms with E-state index >= 15 is 0 Å². The number of hydrogen-bond acceptors (Lipinski definition) is 3. The summed E-state index contributed by atoms with van der Waals surface area (Å²) in [5, 5.41) is 3.50. The Morgan fingerprint density at radius 2 is 2.06 bits per heavy atom. The molecule has 3 heteroatoms. The van der Waals surface area contributed by atoms with Gasteiger partial charge in [-0.1, -0.05) is 25.1 Å². The van der Waals surface area contributed by atoms with Crippen molar-refractivity contribution in [2.45, 2.75) is 11.8 Å². The Morgan fingerprint density at radius 3 is 2.69 bits per heavy atom. The van der Waals surface area contributed by atoms with Gasteiger partial charge >= 0.3 is 0 Å². The minimum Gasteiger partial charge on any atom is -0.380 e. The van der Waals surface area contributed by atoms with Crippen molar-refractivity contribution in [1.82, 2.24) is 5.32 Å². The molecule has 2 nitrogen and oxygen atoms in total. The lowest BCUT2D eigenvalue weighted by atomic mass is 9.89. The zero-order valence-corrected chi connectivity index (χ0v) is 10.6. The first-order valence-corrected chi connectivity index (χ1v) is 6.73. The van der Waals surface area contributed by atoms with E-state index in [0.29, 0.717) is 5.41 Å². The number of nitrogens with one attached hydrogen (secondary N) is 1. The van der Waals surface area contributed by atoms with Crippen LogP contribution in [0.5, 0.6) is 0 Å². The second-order valence-electron chi connectivity index (χ2n) is 4.64. The molecule has 1 saturated heterocycles. The molecule has 0 aliphatic carbocycles. The van der Waals surface area contributed by atoms with Gasteiger partial charge in [-0.05, 0) is 12.1 Å². The van der Waals surface area contributed by atoms with Crippen molar-refractivity contribution in [3.63, 3.8) is 0 Å². The molecule has 0 saturated carbocycles. The van der Waals surface area contributed by atoms with Crippen LogP contribution >= 0.6 is 11.8 Å². The summed E-state index contributed by atoms with van der Waals surface area (Å²) in [4.78, 5) is 1.35. The third-order valence-corrected chi connectivity index (χ3v) is 3.76. The zero-order valence-electron chi connectivity index (χ0n) is 9.74. The molecule has 16 heavy (non-hydrogen) atoms. The molecule has 1 aromatic rings. The van der Waals surface area contributed by atoms with Gasteiger partial charge in [0, 0.05) is 29.2 Å². The minimum absolute atomic E-state index is 0.386. The predicted octanol–water partition coefficient (Wildman–Crippen LogP) is 2.40. The summed E-state index contributed by atoms with van der Waals surface area (Å²) in [6, 6.07) is 10.5. The first-order valence-electron chi connectivity index (χ1n) is 5.75. The monoisotopic (exact) mass is 237 g/mol. The smallest absolute Gasteiger partial charge is 0.0554 e. The van der Waals surface area contributed by atoms with Gasteiger partial charge in [-0.3, -0.25) is 0 Å². The molecule has 0 spiro atoms. The third-order valence-electron chi connectivity index (χ3n) is 2.74. The van der Waals surface area contributed by atoms with Crippen molar-refractivity contribution in [3.8, 4) is 0 Å². The molecular weight excluding hydrogens is 218 g/mol. The molecule has 1 N–H and O–H groups in total. The summed E-state index contributed by atoms with van der Waals surface area (Å²) in [5.41, 5.74) is 0.386. The Labute approximate surface area is 102 Å². The Hall–Kier alpha value is -0.510. The fraction of sp³-hybridized carbons (Fsp3) is 0.538. The molecule has 0 atom stereocenters. The standard InChI is InChI=1S/C13H19NOS/c1-13(10-15-11-13)9-14-7-8-16-12-5-3-2-4-6-12/h2-6,14H,7-11H2,1H3. The Morgan fingerprint density at radius 1 is 1.31 bits per heavy atom. The largest absolute Gasteiger partial charge is 0.380 e. The molecule has 88 valence electrons. The lowest BCUT2D eigenvalue weighted by molar-refractivity contribution is -0.0987. The fourth-order valence-electron chi connectivity index (χ4n) is 1.70. The third kappa shape index (κ3) is 3.51. The van der Waals surface area contributed by atoms with Gasteiger partial charge in [0.1, 0.15) is 0 Å². The van der Waals surface area contributed by atoms with Crippen LogP contribution in [0.15, 0.2) is 35.2 Å². The molecule has 1 heterocycles. The van der Waals surface area contributed by atoms with Gasteiger partial charge in [0.25, 0.3) is 0 Å². The van der Waals surface area contributed by atoms with Crippen LogP contribution in [-0.4, -0.2) is 32.1 Å². The summed E-state index contributed by atoms with van der Waals surface area (Å²) in [6.07, 6.45) is 0. The molecule has 1 fully saturated rings. The Bertz CT molecular complexity index is 311. The zero-order chi connectivity index (χ0) is 11.3. The average molecular weight is 237 g/mol. The molecule has 0 radical (unpaired) electrons. The summed E-state index contributed by atoms with van der Waals surface area (Å²) in [5.74, 6) is 1.13. The lowest BCUT2D eigenvalue weighted by Gasteiger charge is -2.38. The van der Waals surface area contributed by atoms with Gasteiger partial charge < -0.3 is 10.1 Å². The molecule has 1 aliphatic heterocycles. The maximum atomic E-state index is 5.22. The molecule has 1 aromatic carbocycles. The maximum absolute atomic E-state index is 5.22. The molecule has 0 aromatic heterocycles. The van der Waals surface area contributed by atoms with E-state index < -0.39 is 0 Å². The van der Waals surface area contributed by atoms with Crippen molar-refractivity contribution < 1.29 is 4.74 Å². The topological polar surface area (TPSA) is 21.3 Å². The molecule has 1 aliphatic rings. The predicted molar refractivity (Wildman–Crippen MR) is 69.0 cm³/mol. The number of benzene rings is 1. The van der Waals surface area contributed by atoms with Crippen LogP contribution < -0.4 is 5.32 Å². The maximum Gasteiger partial charge on any atom is 0.0554 e. The van der Waals surface area contributed by atoms with E-state index in [1.807, 2.05) is 11.8 Å². The van der Waals surface area contributed by atoms with Crippen molar-refractivity contribution >= 4 is 11.8 Å². The summed E-state index contributed by atoms with van der Waals surface area (Å²) < 4.78 is 5.22. The quantitative estimate of drug-likeness (QED) is 0.606. The van der Waals surface area contributed by atoms with E-state index in [1.54, 1.807) is 0 Å². The van der Waals surface area contributed by atoms with E-state index in [0.717, 1.165) is 32.1 Å². The van der Waals surface area contributed by atoms with Gasteiger partial charge in [0.05, 0.1) is 13.2 Å². The SMILES string of the molecule is CC1(CNCCSc2ccccc2)COC1. The molecule has 0 unspecified atom stereocenters. The van der Waals surface area contributed by atoms with Crippen LogP contribution in [0.3, 0.4) is 0 Å². The first-order chi connectivity index (χ1) is 7.79. The molecule has 0 bridgehead atoms. The van der Waals surface area contributed by atoms with Gasteiger partial charge in [0.2, 0.25) is 0 Å². The lowest BCUT2D eigenvalue weighted by Crippen LogP contribution is -2.47. The second-order valence-corrected chi connectivity index (χ2v) is 5.81. The second kappa shape index (κ2) is 5.71. The minimum atomic E-state index is 0.386. The summed E-state index contributed by atoms with van der Waals surface area (Å²) in [7, 11) is 0. The van der Waals surface area contributed by atoms with Crippen molar-refractivity contribution in [2.24, 2.45) is 5.41 Å². The normalized spacial score (nSPS) is 18.1. The Balaban J connectivity index is 1.55. The van der Waals surface area contributed by atoms with Gasteiger partial charge in [-0.2, -0.15) is 0 Å². The highest BCUT2D eigenvalue weighted by Crippen LogP contribution is 2.25. The van der Waals surface area contributed by atoms with Crippen LogP contribution in [0, 0.1) is 5.41 Å². The van der Waals surface area contributed by atoms with Crippen molar-refractivity contribution in [3.05, 3.63) is 30.3 Å². The van der Waals surface area contributed by atoms with E-state index in [-0.39, 0.29) is 0 Å². The molecule has 2 rings (SSSR count). The highest BCUT2D eigenvalue weighted by Gasteiger charge is 2.32. The highest BCUT2D eigenvalue weighted by molar-refractivity contribution is 7.99. The van der Waals surface area contributed by atoms with E-state index in [9.17, 15) is 0 Å². The van der Waals surface area contributed by atoms with Crippen molar-refractivity contribution in [1.29, 1.82) is 0 Å². The Kier molecular flexibility index (Phi) is 4.27. The van der Waals surface area contributed by atoms with Gasteiger partial charge in [-0.25, -0.2) is 0 Å². The van der Waals surface area contributed by atoms with Crippen LogP contribution in [-0.2, 0) is 4.74 Å². The first kappa shape index (κ1) is 12.0. The van der Waals surface area contributed by atoms with Crippen LogP contribution in [0.4, 0.5) is 0 Å². The van der Waals surface area contributed by atoms with E-state index in [2.05, 4.69) is 42.6 Å². The number of ether oxygens (including phenoxy) is 1. The fourth-order valence-corrected chi connectivity index (χ4v) is 2.53. The summed E-state index contributed by atoms with van der Waals surface area (Å²) in [6.45, 7) is 6.23. The molecule has 0 amide bonds. The summed E-state index contributed by atoms with van der Waals surface area (Å²) >= 11 is 1.90. The number of rotatable bonds is 6. The average Bonchev–Trinajstić information content (AvgIpc) is 2.28. The number of thioether (sulfide) groups is 1. The van der Waals surface area contributed by atoms with E-state index in [1.165, 1.54) is 4.90 Å². The van der Waals surface area contributed by atoms with E-state index in [4.69, 9.17) is 4.74 Å². The van der Waals surface area contributed by atoms with Gasteiger partial charge in [0.15, 0.2) is 0 Å². The molecular formula is C13H19NOS. The van der Waals surface area contributed by atoms with Crippen molar-refractivity contribution in [2.75, 3.05) is 32.1 Å². The van der Waals surface area contributed by atoms with Gasteiger partial charge in [-0.15, -0.1) is 11.8 Å². The van der Waals surface area contributed by atoms with Crippen LogP contribution in [0.2, 0.25) is 0 Å². The number of hydrogen-bond donors (Lipinski definition) is 1. The highest BCUT2D eigenvalue weighted by atomic mass is 32.2. The van der Waals surface area contributed by atoms with Crippen LogP contribution in [0.1, 0.15) is 6.92 Å². The van der Waals surface area contributed by atoms with Crippen LogP contribution in [0.25, 0.3) is 0 Å².